The van der Waals surface area contributed by atoms with Crippen LogP contribution in [0.25, 0.3) is 0 Å². The average Bonchev–Trinajstić information content (AvgIpc) is 0.916. The van der Waals surface area contributed by atoms with Crippen molar-refractivity contribution < 1.29 is 80.2 Å². The summed E-state index contributed by atoms with van der Waals surface area (Å²) in [5.41, 5.74) is 0. The molecule has 0 saturated carbocycles. The summed E-state index contributed by atoms with van der Waals surface area (Å²) in [6.07, 6.45) is 65.4. The van der Waals surface area contributed by atoms with Crippen LogP contribution >= 0.6 is 15.6 Å². The van der Waals surface area contributed by atoms with Gasteiger partial charge in [-0.1, -0.05) is 395 Å². The van der Waals surface area contributed by atoms with Crippen molar-refractivity contribution in [1.29, 1.82) is 0 Å². The number of phosphoric ester groups is 2. The van der Waals surface area contributed by atoms with Crippen molar-refractivity contribution in [1.82, 2.24) is 0 Å². The highest BCUT2D eigenvalue weighted by Gasteiger charge is 2.30. The molecule has 0 aliphatic carbocycles. The topological polar surface area (TPSA) is 237 Å². The third-order valence-corrected chi connectivity index (χ3v) is 21.8. The predicted molar refractivity (Wildman–Crippen MR) is 428 cm³/mol. The highest BCUT2D eigenvalue weighted by atomic mass is 31.2. The molecule has 0 heterocycles. The Hall–Kier alpha value is -1.94. The first-order chi connectivity index (χ1) is 50.2. The summed E-state index contributed by atoms with van der Waals surface area (Å²) in [6.45, 7) is 12.0. The molecule has 19 heteroatoms. The maximum Gasteiger partial charge on any atom is 0.472 e. The molecule has 0 aromatic rings. The Labute approximate surface area is 638 Å². The molecule has 0 spiro atoms. The van der Waals surface area contributed by atoms with E-state index in [1.165, 1.54) is 250 Å². The van der Waals surface area contributed by atoms with Crippen LogP contribution in [0.1, 0.15) is 447 Å². The standard InChI is InChI=1S/C85H166O17P2/c1-8-9-10-11-12-13-14-15-16-17-21-24-27-33-38-45-52-59-66-82(87)95-72-80(101-84(89)68-61-54-46-39-34-28-25-22-19-18-20-23-26-31-36-42-49-56-63-76(2)3)74-99-103(91,92)97-70-79(86)71-98-104(93,94)100-75-81(73-96-83(88)67-60-53-48-41-44-51-58-65-78(6)7)102-85(90)69-62-55-47-40-35-30-29-32-37-43-50-57-64-77(4)5/h76-81,86H,8-75H2,1-7H3,(H,91,92)(H,93,94)/t79-,80-,81-/m1/s1. The molecule has 104 heavy (non-hydrogen) atoms. The first-order valence-electron chi connectivity index (χ1n) is 43.8. The first kappa shape index (κ1) is 102. The van der Waals surface area contributed by atoms with E-state index in [9.17, 15) is 43.2 Å². The van der Waals surface area contributed by atoms with Crippen molar-refractivity contribution in [2.24, 2.45) is 17.8 Å². The Morgan fingerprint density at radius 2 is 0.442 bits per heavy atom. The zero-order chi connectivity index (χ0) is 76.5. The van der Waals surface area contributed by atoms with E-state index in [-0.39, 0.29) is 25.7 Å². The van der Waals surface area contributed by atoms with Gasteiger partial charge < -0.3 is 33.8 Å². The van der Waals surface area contributed by atoms with E-state index in [1.54, 1.807) is 0 Å². The van der Waals surface area contributed by atoms with E-state index < -0.39 is 97.5 Å². The molecule has 0 rings (SSSR count). The molecule has 0 radical (unpaired) electrons. The minimum Gasteiger partial charge on any atom is -0.462 e. The van der Waals surface area contributed by atoms with Crippen molar-refractivity contribution in [2.45, 2.75) is 465 Å². The highest BCUT2D eigenvalue weighted by Crippen LogP contribution is 2.45. The van der Waals surface area contributed by atoms with Gasteiger partial charge in [0.05, 0.1) is 26.4 Å². The molecule has 0 saturated heterocycles. The number of rotatable bonds is 83. The van der Waals surface area contributed by atoms with Crippen molar-refractivity contribution in [3.8, 4) is 0 Å². The fraction of sp³-hybridized carbons (Fsp3) is 0.953. The van der Waals surface area contributed by atoms with E-state index in [4.69, 9.17) is 37.0 Å². The third kappa shape index (κ3) is 78.2. The lowest BCUT2D eigenvalue weighted by Gasteiger charge is -2.21. The lowest BCUT2D eigenvalue weighted by Crippen LogP contribution is -2.30. The molecule has 0 aliphatic rings. The number of hydrogen-bond acceptors (Lipinski definition) is 15. The number of ether oxygens (including phenoxy) is 4. The Bertz CT molecular complexity index is 2010. The van der Waals surface area contributed by atoms with E-state index in [0.717, 1.165) is 108 Å². The Kier molecular flexibility index (Phi) is 73.7. The molecule has 0 aliphatic heterocycles. The van der Waals surface area contributed by atoms with Crippen LogP contribution in [0.3, 0.4) is 0 Å². The van der Waals surface area contributed by atoms with Crippen LogP contribution in [0.5, 0.6) is 0 Å². The zero-order valence-electron chi connectivity index (χ0n) is 68.5. The van der Waals surface area contributed by atoms with Crippen LogP contribution in [0.2, 0.25) is 0 Å². The molecule has 3 N–H and O–H groups in total. The molecule has 0 bridgehead atoms. The molecule has 0 aromatic heterocycles. The lowest BCUT2D eigenvalue weighted by atomic mass is 10.0. The van der Waals surface area contributed by atoms with Gasteiger partial charge in [-0.05, 0) is 43.4 Å². The van der Waals surface area contributed by atoms with E-state index in [2.05, 4.69) is 48.5 Å². The van der Waals surface area contributed by atoms with Crippen LogP contribution < -0.4 is 0 Å². The lowest BCUT2D eigenvalue weighted by molar-refractivity contribution is -0.161. The van der Waals surface area contributed by atoms with E-state index in [1.807, 2.05) is 0 Å². The summed E-state index contributed by atoms with van der Waals surface area (Å²) in [5, 5.41) is 10.7. The van der Waals surface area contributed by atoms with Gasteiger partial charge in [-0.2, -0.15) is 0 Å². The second kappa shape index (κ2) is 75.1. The van der Waals surface area contributed by atoms with Crippen molar-refractivity contribution >= 4 is 39.5 Å². The van der Waals surface area contributed by atoms with Gasteiger partial charge in [0.25, 0.3) is 0 Å². The molecule has 0 aromatic carbocycles. The van der Waals surface area contributed by atoms with Crippen molar-refractivity contribution in [3.05, 3.63) is 0 Å². The summed E-state index contributed by atoms with van der Waals surface area (Å²) < 4.78 is 68.8. The number of carbonyl (C=O) groups excluding carboxylic acids is 4. The number of esters is 4. The quantitative estimate of drug-likeness (QED) is 0.0222. The number of aliphatic hydroxyl groups excluding tert-OH is 1. The summed E-state index contributed by atoms with van der Waals surface area (Å²) in [4.78, 5) is 73.2. The number of hydrogen-bond donors (Lipinski definition) is 3. The average molecular weight is 1520 g/mol. The first-order valence-corrected chi connectivity index (χ1v) is 46.8. The zero-order valence-corrected chi connectivity index (χ0v) is 70.3. The molecular formula is C85H166O17P2. The van der Waals surface area contributed by atoms with Gasteiger partial charge in [-0.25, -0.2) is 9.13 Å². The monoisotopic (exact) mass is 1520 g/mol. The van der Waals surface area contributed by atoms with Crippen LogP contribution in [-0.2, 0) is 65.4 Å². The predicted octanol–water partition coefficient (Wildman–Crippen LogP) is 25.7. The van der Waals surface area contributed by atoms with Gasteiger partial charge in [0.15, 0.2) is 12.2 Å². The van der Waals surface area contributed by atoms with Crippen molar-refractivity contribution in [3.63, 3.8) is 0 Å². The van der Waals surface area contributed by atoms with Crippen LogP contribution in [0.4, 0.5) is 0 Å². The van der Waals surface area contributed by atoms with Gasteiger partial charge in [-0.3, -0.25) is 37.3 Å². The summed E-state index contributed by atoms with van der Waals surface area (Å²) >= 11 is 0. The molecule has 0 fully saturated rings. The summed E-state index contributed by atoms with van der Waals surface area (Å²) in [6, 6.07) is 0. The van der Waals surface area contributed by atoms with Crippen LogP contribution in [-0.4, -0.2) is 96.7 Å². The third-order valence-electron chi connectivity index (χ3n) is 19.9. The fourth-order valence-corrected chi connectivity index (χ4v) is 14.8. The number of phosphoric acid groups is 2. The van der Waals surface area contributed by atoms with Gasteiger partial charge in [0, 0.05) is 25.7 Å². The highest BCUT2D eigenvalue weighted by molar-refractivity contribution is 7.47. The SMILES string of the molecule is CCCCCCCCCCCCCCCCCCCCC(=O)OC[C@H](COP(=O)(O)OC[C@@H](O)COP(=O)(O)OC[C@@H](COC(=O)CCCCCCCCCC(C)C)OC(=O)CCCCCCCCCCCCCCC(C)C)OC(=O)CCCCCCCCCCCCCCCCCCCCC(C)C. The maximum absolute atomic E-state index is 13.1. The second-order valence-corrected chi connectivity index (χ2v) is 34.9. The Morgan fingerprint density at radius 3 is 0.654 bits per heavy atom. The number of carbonyl (C=O) groups is 4. The smallest absolute Gasteiger partial charge is 0.462 e. The largest absolute Gasteiger partial charge is 0.472 e. The summed E-state index contributed by atoms with van der Waals surface area (Å²) in [5.74, 6) is 0.195. The molecule has 17 nitrogen and oxygen atoms in total. The normalized spacial score (nSPS) is 13.9. The van der Waals surface area contributed by atoms with Crippen LogP contribution in [0, 0.1) is 17.8 Å². The Balaban J connectivity index is 5.23. The molecule has 5 atom stereocenters. The minimum absolute atomic E-state index is 0.106. The molecule has 0 amide bonds. The molecular weight excluding hydrogens is 1350 g/mol. The van der Waals surface area contributed by atoms with Gasteiger partial charge in [0.2, 0.25) is 0 Å². The van der Waals surface area contributed by atoms with Gasteiger partial charge in [-0.15, -0.1) is 0 Å². The Morgan fingerprint density at radius 1 is 0.260 bits per heavy atom. The van der Waals surface area contributed by atoms with E-state index in [0.29, 0.717) is 31.6 Å². The second-order valence-electron chi connectivity index (χ2n) is 32.0. The van der Waals surface area contributed by atoms with Crippen LogP contribution in [0.15, 0.2) is 0 Å². The maximum atomic E-state index is 13.1. The van der Waals surface area contributed by atoms with Gasteiger partial charge in [0.1, 0.15) is 19.3 Å². The van der Waals surface area contributed by atoms with Gasteiger partial charge >= 0.3 is 39.5 Å². The minimum atomic E-state index is -4.97. The summed E-state index contributed by atoms with van der Waals surface area (Å²) in [7, 11) is -9.93. The fourth-order valence-electron chi connectivity index (χ4n) is 13.2. The van der Waals surface area contributed by atoms with Crippen molar-refractivity contribution in [2.75, 3.05) is 39.6 Å². The van der Waals surface area contributed by atoms with E-state index >= 15 is 0 Å². The molecule has 618 valence electrons. The molecule has 2 unspecified atom stereocenters. The number of aliphatic hydroxyl groups is 1. The number of unbranched alkanes of at least 4 members (excludes halogenated alkanes) is 51.